The predicted octanol–water partition coefficient (Wildman–Crippen LogP) is 9.32. The number of unbranched alkanes of at least 4 members (excludes halogenated alkanes) is 4. The SMILES string of the molecule is CCCCCOC(C)(CCC=C(C)CCC=C(C)CCC=C(C)C)OCCCCC. The summed E-state index contributed by atoms with van der Waals surface area (Å²) < 4.78 is 12.4. The molecule has 176 valence electrons. The Hall–Kier alpha value is -0.860. The fourth-order valence-corrected chi connectivity index (χ4v) is 3.39. The smallest absolute Gasteiger partial charge is 0.165 e. The van der Waals surface area contributed by atoms with Gasteiger partial charge in [-0.25, -0.2) is 0 Å². The number of allylic oxidation sites excluding steroid dienone is 6. The Kier molecular flexibility index (Phi) is 18.3. The van der Waals surface area contributed by atoms with E-state index in [2.05, 4.69) is 66.7 Å². The molecule has 0 bridgehead atoms. The van der Waals surface area contributed by atoms with Crippen LogP contribution in [0, 0.1) is 0 Å². The maximum Gasteiger partial charge on any atom is 0.165 e. The first-order valence-electron chi connectivity index (χ1n) is 12.6. The van der Waals surface area contributed by atoms with Gasteiger partial charge in [-0.05, 0) is 79.6 Å². The van der Waals surface area contributed by atoms with Crippen molar-refractivity contribution in [2.45, 2.75) is 131 Å². The Balaban J connectivity index is 4.40. The molecule has 0 fully saturated rings. The molecular formula is C28H52O2. The summed E-state index contributed by atoms with van der Waals surface area (Å²) in [5.41, 5.74) is 4.40. The minimum absolute atomic E-state index is 0.445. The highest BCUT2D eigenvalue weighted by molar-refractivity contribution is 5.05. The summed E-state index contributed by atoms with van der Waals surface area (Å²) >= 11 is 0. The van der Waals surface area contributed by atoms with E-state index in [1.807, 2.05) is 0 Å². The van der Waals surface area contributed by atoms with Gasteiger partial charge in [0.05, 0.1) is 13.2 Å². The molecule has 0 N–H and O–H groups in total. The standard InChI is InChI=1S/C28H52O2/c1-8-10-12-23-29-28(7,30-24-13-11-9-2)22-16-21-27(6)20-15-19-26(5)18-14-17-25(3)4/h17,19,21H,8-16,18,20,22-24H2,1-7H3. The van der Waals surface area contributed by atoms with Gasteiger partial charge in [-0.15, -0.1) is 0 Å². The monoisotopic (exact) mass is 420 g/mol. The van der Waals surface area contributed by atoms with Gasteiger partial charge >= 0.3 is 0 Å². The predicted molar refractivity (Wildman–Crippen MR) is 134 cm³/mol. The van der Waals surface area contributed by atoms with Crippen molar-refractivity contribution in [1.29, 1.82) is 0 Å². The molecule has 0 atom stereocenters. The average molecular weight is 421 g/mol. The number of hydrogen-bond donors (Lipinski definition) is 0. The van der Waals surface area contributed by atoms with Crippen LogP contribution in [0.4, 0.5) is 0 Å². The van der Waals surface area contributed by atoms with Gasteiger partial charge in [0.25, 0.3) is 0 Å². The fraction of sp³-hybridized carbons (Fsp3) is 0.786. The summed E-state index contributed by atoms with van der Waals surface area (Å²) in [6, 6.07) is 0. The molecule has 2 heteroatoms. The van der Waals surface area contributed by atoms with Crippen molar-refractivity contribution >= 4 is 0 Å². The van der Waals surface area contributed by atoms with E-state index in [-0.39, 0.29) is 0 Å². The number of ether oxygens (including phenoxy) is 2. The van der Waals surface area contributed by atoms with Crippen molar-refractivity contribution in [3.05, 3.63) is 34.9 Å². The molecule has 2 nitrogen and oxygen atoms in total. The zero-order valence-corrected chi connectivity index (χ0v) is 21.4. The lowest BCUT2D eigenvalue weighted by Crippen LogP contribution is -2.33. The van der Waals surface area contributed by atoms with Crippen LogP contribution in [0.25, 0.3) is 0 Å². The summed E-state index contributed by atoms with van der Waals surface area (Å²) in [7, 11) is 0. The number of hydrogen-bond acceptors (Lipinski definition) is 2. The second-order valence-electron chi connectivity index (χ2n) is 9.24. The van der Waals surface area contributed by atoms with Crippen LogP contribution >= 0.6 is 0 Å². The van der Waals surface area contributed by atoms with E-state index in [9.17, 15) is 0 Å². The maximum atomic E-state index is 6.19. The Bertz CT molecular complexity index is 483. The molecule has 0 aliphatic rings. The summed E-state index contributed by atoms with van der Waals surface area (Å²) in [4.78, 5) is 0. The molecule has 30 heavy (non-hydrogen) atoms. The largest absolute Gasteiger partial charge is 0.350 e. The van der Waals surface area contributed by atoms with Crippen LogP contribution in [0.15, 0.2) is 34.9 Å². The minimum Gasteiger partial charge on any atom is -0.350 e. The van der Waals surface area contributed by atoms with Gasteiger partial charge in [-0.3, -0.25) is 0 Å². The Labute approximate surface area is 189 Å². The molecule has 0 aliphatic heterocycles. The first-order valence-corrected chi connectivity index (χ1v) is 12.6. The minimum atomic E-state index is -0.445. The maximum absolute atomic E-state index is 6.19. The van der Waals surface area contributed by atoms with Crippen LogP contribution in [0.3, 0.4) is 0 Å². The van der Waals surface area contributed by atoms with E-state index in [1.54, 1.807) is 0 Å². The van der Waals surface area contributed by atoms with Gasteiger partial charge in [0.15, 0.2) is 5.79 Å². The first-order chi connectivity index (χ1) is 14.3. The molecule has 0 amide bonds. The molecule has 0 radical (unpaired) electrons. The van der Waals surface area contributed by atoms with Crippen molar-refractivity contribution in [2.24, 2.45) is 0 Å². The van der Waals surface area contributed by atoms with Crippen LogP contribution in [-0.4, -0.2) is 19.0 Å². The van der Waals surface area contributed by atoms with Crippen LogP contribution in [0.1, 0.15) is 126 Å². The van der Waals surface area contributed by atoms with E-state index in [1.165, 1.54) is 48.8 Å². The molecule has 0 spiro atoms. The van der Waals surface area contributed by atoms with Gasteiger partial charge in [0.1, 0.15) is 0 Å². The first kappa shape index (κ1) is 29.1. The Morgan fingerprint density at radius 2 is 1.13 bits per heavy atom. The highest BCUT2D eigenvalue weighted by Gasteiger charge is 2.24. The van der Waals surface area contributed by atoms with E-state index in [0.29, 0.717) is 0 Å². The second kappa shape index (κ2) is 18.9. The van der Waals surface area contributed by atoms with E-state index < -0.39 is 5.79 Å². The molecule has 0 aliphatic carbocycles. The van der Waals surface area contributed by atoms with Crippen molar-refractivity contribution in [1.82, 2.24) is 0 Å². The highest BCUT2D eigenvalue weighted by Crippen LogP contribution is 2.22. The van der Waals surface area contributed by atoms with Gasteiger partial charge < -0.3 is 9.47 Å². The Morgan fingerprint density at radius 1 is 0.667 bits per heavy atom. The summed E-state index contributed by atoms with van der Waals surface area (Å²) in [5.74, 6) is -0.445. The molecule has 0 heterocycles. The molecular weight excluding hydrogens is 368 g/mol. The Morgan fingerprint density at radius 3 is 1.60 bits per heavy atom. The van der Waals surface area contributed by atoms with Crippen LogP contribution in [0.2, 0.25) is 0 Å². The van der Waals surface area contributed by atoms with Gasteiger partial charge in [-0.2, -0.15) is 0 Å². The van der Waals surface area contributed by atoms with Crippen LogP contribution in [-0.2, 0) is 9.47 Å². The lowest BCUT2D eigenvalue weighted by atomic mass is 10.0. The van der Waals surface area contributed by atoms with Crippen molar-refractivity contribution in [2.75, 3.05) is 13.2 Å². The van der Waals surface area contributed by atoms with Gasteiger partial charge in [-0.1, -0.05) is 74.5 Å². The molecule has 0 saturated carbocycles. The molecule has 0 aromatic rings. The lowest BCUT2D eigenvalue weighted by molar-refractivity contribution is -0.229. The molecule has 0 saturated heterocycles. The van der Waals surface area contributed by atoms with E-state index in [0.717, 1.165) is 58.2 Å². The third kappa shape index (κ3) is 18.0. The summed E-state index contributed by atoms with van der Waals surface area (Å²) in [6.07, 6.45) is 20.9. The van der Waals surface area contributed by atoms with Crippen molar-refractivity contribution in [3.8, 4) is 0 Å². The van der Waals surface area contributed by atoms with Gasteiger partial charge in [0.2, 0.25) is 0 Å². The quantitative estimate of drug-likeness (QED) is 0.118. The summed E-state index contributed by atoms with van der Waals surface area (Å²) in [6.45, 7) is 17.1. The zero-order chi connectivity index (χ0) is 22.7. The van der Waals surface area contributed by atoms with Crippen molar-refractivity contribution < 1.29 is 9.47 Å². The highest BCUT2D eigenvalue weighted by atomic mass is 16.7. The van der Waals surface area contributed by atoms with Crippen molar-refractivity contribution in [3.63, 3.8) is 0 Å². The fourth-order valence-electron chi connectivity index (χ4n) is 3.39. The zero-order valence-electron chi connectivity index (χ0n) is 21.4. The second-order valence-corrected chi connectivity index (χ2v) is 9.24. The van der Waals surface area contributed by atoms with Gasteiger partial charge in [0, 0.05) is 6.42 Å². The summed E-state index contributed by atoms with van der Waals surface area (Å²) in [5, 5.41) is 0. The van der Waals surface area contributed by atoms with Crippen LogP contribution < -0.4 is 0 Å². The number of rotatable bonds is 19. The lowest BCUT2D eigenvalue weighted by Gasteiger charge is -2.30. The average Bonchev–Trinajstić information content (AvgIpc) is 2.68. The normalized spacial score (nSPS) is 13.0. The van der Waals surface area contributed by atoms with Crippen LogP contribution in [0.5, 0.6) is 0 Å². The third-order valence-electron chi connectivity index (χ3n) is 5.52. The molecule has 0 aromatic carbocycles. The topological polar surface area (TPSA) is 18.5 Å². The third-order valence-corrected chi connectivity index (χ3v) is 5.52. The molecule has 0 rings (SSSR count). The molecule has 0 aromatic heterocycles. The van der Waals surface area contributed by atoms with E-state index in [4.69, 9.17) is 9.47 Å². The van der Waals surface area contributed by atoms with E-state index >= 15 is 0 Å². The molecule has 0 unspecified atom stereocenters.